The molecular weight excluding hydrogens is 341 g/mol. The highest BCUT2D eigenvalue weighted by atomic mass is 19.4. The molecule has 0 fully saturated rings. The maximum absolute atomic E-state index is 12.9. The molecule has 134 valence electrons. The number of hydrogen-bond acceptors (Lipinski definition) is 4. The zero-order chi connectivity index (χ0) is 18.6. The monoisotopic (exact) mass is 358 g/mol. The van der Waals surface area contributed by atoms with E-state index in [0.717, 1.165) is 17.8 Å². The molecule has 26 heavy (non-hydrogen) atoms. The molecule has 3 rings (SSSR count). The van der Waals surface area contributed by atoms with E-state index in [2.05, 4.69) is 15.3 Å². The number of benzene rings is 2. The fourth-order valence-corrected chi connectivity index (χ4v) is 2.52. The first-order chi connectivity index (χ1) is 12.5. The smallest absolute Gasteiger partial charge is 0.340 e. The van der Waals surface area contributed by atoms with Crippen LogP contribution in [0, 0.1) is 0 Å². The highest BCUT2D eigenvalue weighted by molar-refractivity contribution is 5.61. The molecule has 0 radical (unpaired) electrons. The summed E-state index contributed by atoms with van der Waals surface area (Å²) in [6.45, 7) is 2.63. The van der Waals surface area contributed by atoms with Crippen molar-refractivity contribution >= 4 is 23.1 Å². The van der Waals surface area contributed by atoms with E-state index in [0.29, 0.717) is 24.0 Å². The lowest BCUT2D eigenvalue weighted by Crippen LogP contribution is -2.19. The first-order valence-electron chi connectivity index (χ1n) is 8.07. The van der Waals surface area contributed by atoms with Crippen LogP contribution >= 0.6 is 0 Å². The Morgan fingerprint density at radius 2 is 1.77 bits per heavy atom. The average Bonchev–Trinajstić information content (AvgIpc) is 2.63. The molecule has 2 aromatic carbocycles. The van der Waals surface area contributed by atoms with Gasteiger partial charge in [-0.1, -0.05) is 24.3 Å². The number of nitrogens with zero attached hydrogens (tertiary/aromatic N) is 3. The number of para-hydroxylation sites is 1. The molecule has 7 heteroatoms. The number of nitrogens with one attached hydrogen (secondary N) is 1. The van der Waals surface area contributed by atoms with Gasteiger partial charge < -0.3 is 10.2 Å². The second kappa shape index (κ2) is 7.43. The third-order valence-corrected chi connectivity index (χ3v) is 3.73. The van der Waals surface area contributed by atoms with Gasteiger partial charge in [0, 0.05) is 24.1 Å². The zero-order valence-corrected chi connectivity index (χ0v) is 14.0. The lowest BCUT2D eigenvalue weighted by atomic mass is 10.2. The summed E-state index contributed by atoms with van der Waals surface area (Å²) < 4.78 is 38.6. The molecule has 1 aromatic heterocycles. The Morgan fingerprint density at radius 3 is 2.46 bits per heavy atom. The van der Waals surface area contributed by atoms with Crippen molar-refractivity contribution in [1.82, 2.24) is 9.97 Å². The molecule has 4 nitrogen and oxygen atoms in total. The van der Waals surface area contributed by atoms with Crippen molar-refractivity contribution in [3.05, 3.63) is 72.4 Å². The van der Waals surface area contributed by atoms with Crippen molar-refractivity contribution in [3.63, 3.8) is 0 Å². The molecule has 0 saturated heterocycles. The van der Waals surface area contributed by atoms with Crippen LogP contribution < -0.4 is 10.2 Å². The van der Waals surface area contributed by atoms with Gasteiger partial charge in [-0.25, -0.2) is 4.98 Å². The summed E-state index contributed by atoms with van der Waals surface area (Å²) in [5.41, 5.74) is 0.537. The van der Waals surface area contributed by atoms with Gasteiger partial charge in [-0.15, -0.1) is 0 Å². The largest absolute Gasteiger partial charge is 0.416 e. The third kappa shape index (κ3) is 4.11. The lowest BCUT2D eigenvalue weighted by molar-refractivity contribution is -0.137. The molecule has 0 atom stereocenters. The van der Waals surface area contributed by atoms with E-state index in [-0.39, 0.29) is 0 Å². The molecule has 0 saturated carbocycles. The van der Waals surface area contributed by atoms with Crippen molar-refractivity contribution in [1.29, 1.82) is 0 Å². The second-order valence-corrected chi connectivity index (χ2v) is 5.53. The quantitative estimate of drug-likeness (QED) is 0.663. The Bertz CT molecular complexity index is 866. The molecule has 0 aliphatic heterocycles. The molecule has 3 aromatic rings. The van der Waals surface area contributed by atoms with E-state index < -0.39 is 11.7 Å². The summed E-state index contributed by atoms with van der Waals surface area (Å²) in [4.78, 5) is 10.6. The number of aromatic nitrogens is 2. The highest BCUT2D eigenvalue weighted by Crippen LogP contribution is 2.31. The lowest BCUT2D eigenvalue weighted by Gasteiger charge is -2.21. The van der Waals surface area contributed by atoms with Crippen LogP contribution in [0.3, 0.4) is 0 Å². The summed E-state index contributed by atoms with van der Waals surface area (Å²) in [5.74, 6) is 0.888. The number of alkyl halides is 3. The van der Waals surface area contributed by atoms with Gasteiger partial charge in [-0.05, 0) is 43.3 Å². The predicted molar refractivity (Wildman–Crippen MR) is 95.9 cm³/mol. The molecule has 1 N–H and O–H groups in total. The Kier molecular flexibility index (Phi) is 5.06. The minimum absolute atomic E-state index is 0.312. The first kappa shape index (κ1) is 17.7. The average molecular weight is 358 g/mol. The summed E-state index contributed by atoms with van der Waals surface area (Å²) in [6.07, 6.45) is -2.81. The number of halogens is 3. The van der Waals surface area contributed by atoms with Gasteiger partial charge in [0.2, 0.25) is 5.95 Å². The Balaban J connectivity index is 1.86. The van der Waals surface area contributed by atoms with Gasteiger partial charge in [0.1, 0.15) is 5.82 Å². The normalized spacial score (nSPS) is 11.2. The fraction of sp³-hybridized carbons (Fsp3) is 0.158. The SMILES string of the molecule is CCN(c1ccccc1)c1nccc(Nc2cccc(C(F)(F)F)c2)n1. The van der Waals surface area contributed by atoms with Crippen molar-refractivity contribution in [2.45, 2.75) is 13.1 Å². The standard InChI is InChI=1S/C19H17F3N4/c1-2-26(16-9-4-3-5-10-16)18-23-12-11-17(25-18)24-15-8-6-7-14(13-15)19(20,21)22/h3-13H,2H2,1H3,(H,23,24,25). The van der Waals surface area contributed by atoms with E-state index in [1.807, 2.05) is 42.2 Å². The van der Waals surface area contributed by atoms with Crippen LogP contribution in [-0.4, -0.2) is 16.5 Å². The topological polar surface area (TPSA) is 41.1 Å². The van der Waals surface area contributed by atoms with Crippen LogP contribution in [0.1, 0.15) is 12.5 Å². The van der Waals surface area contributed by atoms with Crippen LogP contribution in [0.4, 0.5) is 36.3 Å². The molecular formula is C19H17F3N4. The Labute approximate surface area is 149 Å². The molecule has 0 amide bonds. The Hall–Kier alpha value is -3.09. The number of hydrogen-bond donors (Lipinski definition) is 1. The minimum atomic E-state index is -4.39. The molecule has 0 bridgehead atoms. The highest BCUT2D eigenvalue weighted by Gasteiger charge is 2.30. The van der Waals surface area contributed by atoms with Crippen LogP contribution in [0.2, 0.25) is 0 Å². The molecule has 1 heterocycles. The van der Waals surface area contributed by atoms with E-state index in [9.17, 15) is 13.2 Å². The van der Waals surface area contributed by atoms with Crippen molar-refractivity contribution in [2.75, 3.05) is 16.8 Å². The van der Waals surface area contributed by atoms with Crippen LogP contribution in [0.15, 0.2) is 66.9 Å². The van der Waals surface area contributed by atoms with Gasteiger partial charge in [-0.3, -0.25) is 0 Å². The van der Waals surface area contributed by atoms with E-state index in [4.69, 9.17) is 0 Å². The third-order valence-electron chi connectivity index (χ3n) is 3.73. The maximum atomic E-state index is 12.9. The Morgan fingerprint density at radius 1 is 1.00 bits per heavy atom. The van der Waals surface area contributed by atoms with Gasteiger partial charge in [0.15, 0.2) is 0 Å². The molecule has 0 aliphatic carbocycles. The van der Waals surface area contributed by atoms with E-state index >= 15 is 0 Å². The van der Waals surface area contributed by atoms with Gasteiger partial charge in [0.05, 0.1) is 5.56 Å². The van der Waals surface area contributed by atoms with Crippen molar-refractivity contribution in [2.24, 2.45) is 0 Å². The van der Waals surface area contributed by atoms with Crippen molar-refractivity contribution in [3.8, 4) is 0 Å². The molecule has 0 unspecified atom stereocenters. The second-order valence-electron chi connectivity index (χ2n) is 5.53. The predicted octanol–water partition coefficient (Wildman–Crippen LogP) is 5.40. The molecule has 0 aliphatic rings. The maximum Gasteiger partial charge on any atom is 0.416 e. The number of anilines is 4. The summed E-state index contributed by atoms with van der Waals surface area (Å²) in [6, 6.07) is 16.3. The van der Waals surface area contributed by atoms with Crippen molar-refractivity contribution < 1.29 is 13.2 Å². The van der Waals surface area contributed by atoms with Crippen LogP contribution in [-0.2, 0) is 6.18 Å². The minimum Gasteiger partial charge on any atom is -0.340 e. The summed E-state index contributed by atoms with van der Waals surface area (Å²) in [7, 11) is 0. The van der Waals surface area contributed by atoms with Crippen LogP contribution in [0.25, 0.3) is 0 Å². The molecule has 0 spiro atoms. The van der Waals surface area contributed by atoms with Gasteiger partial charge >= 0.3 is 6.18 Å². The first-order valence-corrected chi connectivity index (χ1v) is 8.07. The zero-order valence-electron chi connectivity index (χ0n) is 14.0. The van der Waals surface area contributed by atoms with Gasteiger partial charge in [-0.2, -0.15) is 18.2 Å². The summed E-state index contributed by atoms with van der Waals surface area (Å²) in [5, 5.41) is 2.91. The van der Waals surface area contributed by atoms with E-state index in [1.54, 1.807) is 18.3 Å². The van der Waals surface area contributed by atoms with E-state index in [1.165, 1.54) is 6.07 Å². The fourth-order valence-electron chi connectivity index (χ4n) is 2.52. The summed E-state index contributed by atoms with van der Waals surface area (Å²) >= 11 is 0. The number of rotatable bonds is 5. The van der Waals surface area contributed by atoms with Gasteiger partial charge in [0.25, 0.3) is 0 Å². The van der Waals surface area contributed by atoms with Crippen LogP contribution in [0.5, 0.6) is 0 Å².